The van der Waals surface area contributed by atoms with Crippen LogP contribution < -0.4 is 0 Å². The molecule has 0 unspecified atom stereocenters. The maximum atomic E-state index is 11.6. The minimum atomic E-state index is -0.162. The van der Waals surface area contributed by atoms with Gasteiger partial charge < -0.3 is 4.74 Å². The second kappa shape index (κ2) is 8.47. The summed E-state index contributed by atoms with van der Waals surface area (Å²) >= 11 is 1.40. The van der Waals surface area contributed by atoms with Crippen LogP contribution in [-0.4, -0.2) is 16.5 Å². The Kier molecular flexibility index (Phi) is 7.29. The van der Waals surface area contributed by atoms with Gasteiger partial charge in [0.05, 0.1) is 4.75 Å². The summed E-state index contributed by atoms with van der Waals surface area (Å²) in [7, 11) is 0. The predicted octanol–water partition coefficient (Wildman–Crippen LogP) is 4.86. The van der Waals surface area contributed by atoms with Crippen molar-refractivity contribution in [3.05, 3.63) is 24.5 Å². The highest BCUT2D eigenvalue weighted by Gasteiger charge is 2.38. The van der Waals surface area contributed by atoms with E-state index in [1.165, 1.54) is 43.9 Å². The van der Waals surface area contributed by atoms with Crippen molar-refractivity contribution in [3.63, 3.8) is 0 Å². The van der Waals surface area contributed by atoms with Gasteiger partial charge >= 0.3 is 0 Å². The van der Waals surface area contributed by atoms with Crippen molar-refractivity contribution in [3.8, 4) is 0 Å². The summed E-state index contributed by atoms with van der Waals surface area (Å²) in [5.74, 6) is 0.830. The van der Waals surface area contributed by atoms with E-state index in [9.17, 15) is 4.79 Å². The molecule has 0 amide bonds. The van der Waals surface area contributed by atoms with Gasteiger partial charge in [0.25, 0.3) is 0 Å². The van der Waals surface area contributed by atoms with Gasteiger partial charge in [0.1, 0.15) is 12.4 Å². The zero-order chi connectivity index (χ0) is 14.1. The van der Waals surface area contributed by atoms with Gasteiger partial charge in [0, 0.05) is 6.08 Å². The molecule has 1 heterocycles. The first-order valence-corrected chi connectivity index (χ1v) is 8.13. The smallest absolute Gasteiger partial charge is 0.216 e. The summed E-state index contributed by atoms with van der Waals surface area (Å²) in [6, 6.07) is 0. The van der Waals surface area contributed by atoms with Gasteiger partial charge in [-0.3, -0.25) is 4.79 Å². The summed E-state index contributed by atoms with van der Waals surface area (Å²) in [5.41, 5.74) is 0. The molecule has 1 rings (SSSR count). The van der Waals surface area contributed by atoms with Crippen molar-refractivity contribution >= 4 is 16.9 Å². The van der Waals surface area contributed by atoms with Gasteiger partial charge in [-0.15, -0.1) is 0 Å². The number of thioether (sulfide) groups is 1. The summed E-state index contributed by atoms with van der Waals surface area (Å²) in [6.45, 7) is 8.47. The van der Waals surface area contributed by atoms with Gasteiger partial charge in [0.2, 0.25) is 5.12 Å². The molecule has 0 aromatic carbocycles. The second-order valence-corrected chi connectivity index (χ2v) is 6.79. The minimum absolute atomic E-state index is 0.118. The molecule has 0 aromatic heterocycles. The van der Waals surface area contributed by atoms with Gasteiger partial charge in [-0.05, 0) is 13.3 Å². The number of hydrogen-bond donors (Lipinski definition) is 0. The highest BCUT2D eigenvalue weighted by atomic mass is 32.2. The Morgan fingerprint density at radius 2 is 2.00 bits per heavy atom. The number of carbonyl (C=O) groups is 1. The minimum Gasteiger partial charge on any atom is -0.492 e. The molecule has 1 atom stereocenters. The van der Waals surface area contributed by atoms with Crippen LogP contribution in [0.15, 0.2) is 24.5 Å². The first kappa shape index (κ1) is 16.4. The number of carbonyl (C=O) groups excluding carboxylic acids is 1. The van der Waals surface area contributed by atoms with Gasteiger partial charge in [0.15, 0.2) is 0 Å². The zero-order valence-corrected chi connectivity index (χ0v) is 13.1. The molecule has 3 heteroatoms. The fourth-order valence-electron chi connectivity index (χ4n) is 2.32. The van der Waals surface area contributed by atoms with E-state index in [0.717, 1.165) is 18.6 Å². The molecule has 1 aliphatic rings. The third kappa shape index (κ3) is 5.43. The Hall–Kier alpha value is -0.700. The Morgan fingerprint density at radius 1 is 1.32 bits per heavy atom. The molecule has 108 valence electrons. The van der Waals surface area contributed by atoms with E-state index in [2.05, 4.69) is 20.4 Å². The van der Waals surface area contributed by atoms with Crippen LogP contribution in [0.5, 0.6) is 0 Å². The monoisotopic (exact) mass is 282 g/mol. The molecule has 0 radical (unpaired) electrons. The van der Waals surface area contributed by atoms with E-state index in [1.54, 1.807) is 12.2 Å². The Balaban J connectivity index is 2.35. The summed E-state index contributed by atoms with van der Waals surface area (Å²) in [6.07, 6.45) is 12.0. The van der Waals surface area contributed by atoms with Crippen LogP contribution in [-0.2, 0) is 9.53 Å². The quantitative estimate of drug-likeness (QED) is 0.423. The Labute approximate surface area is 121 Å². The van der Waals surface area contributed by atoms with Gasteiger partial charge in [-0.25, -0.2) is 0 Å². The fraction of sp³-hybridized carbons (Fsp3) is 0.688. The lowest BCUT2D eigenvalue weighted by Crippen LogP contribution is -2.22. The molecule has 2 nitrogen and oxygen atoms in total. The first-order chi connectivity index (χ1) is 9.12. The lowest BCUT2D eigenvalue weighted by Gasteiger charge is -2.25. The molecule has 0 fully saturated rings. The summed E-state index contributed by atoms with van der Waals surface area (Å²) < 4.78 is 5.47. The highest BCUT2D eigenvalue weighted by molar-refractivity contribution is 8.15. The van der Waals surface area contributed by atoms with E-state index >= 15 is 0 Å². The van der Waals surface area contributed by atoms with E-state index in [4.69, 9.17) is 4.74 Å². The molecule has 0 aliphatic carbocycles. The van der Waals surface area contributed by atoms with Crippen LogP contribution >= 0.6 is 11.8 Å². The van der Waals surface area contributed by atoms with Crippen LogP contribution in [0.1, 0.15) is 58.8 Å². The molecule has 0 saturated heterocycles. The molecule has 0 aromatic rings. The fourth-order valence-corrected chi connectivity index (χ4v) is 3.40. The van der Waals surface area contributed by atoms with Crippen molar-refractivity contribution in [1.82, 2.24) is 0 Å². The SMILES string of the molecule is C=CCOC1=CC(=O)S[C@]1(C)CCCCCCCC. The Morgan fingerprint density at radius 3 is 2.68 bits per heavy atom. The third-order valence-corrected chi connectivity index (χ3v) is 4.63. The Bertz CT molecular complexity index is 336. The standard InChI is InChI=1S/C16H26O2S/c1-4-6-7-8-9-10-11-16(3)14(18-12-5-2)13-15(17)19-16/h5,13H,2,4,6-12H2,1,3H3/t16-/m1/s1. The lowest BCUT2D eigenvalue weighted by atomic mass is 9.99. The van der Waals surface area contributed by atoms with Crippen molar-refractivity contribution < 1.29 is 9.53 Å². The normalized spacial score (nSPS) is 22.4. The number of hydrogen-bond acceptors (Lipinski definition) is 3. The second-order valence-electron chi connectivity index (χ2n) is 5.28. The summed E-state index contributed by atoms with van der Waals surface area (Å²) in [5, 5.41) is 0.118. The molecule has 0 saturated carbocycles. The topological polar surface area (TPSA) is 26.3 Å². The third-order valence-electron chi connectivity index (χ3n) is 3.46. The van der Waals surface area contributed by atoms with E-state index in [0.29, 0.717) is 6.61 Å². The molecule has 1 aliphatic heterocycles. The van der Waals surface area contributed by atoms with Crippen LogP contribution in [0.2, 0.25) is 0 Å². The van der Waals surface area contributed by atoms with Gasteiger partial charge in [-0.2, -0.15) is 0 Å². The highest BCUT2D eigenvalue weighted by Crippen LogP contribution is 2.43. The summed E-state index contributed by atoms with van der Waals surface area (Å²) in [4.78, 5) is 11.6. The van der Waals surface area contributed by atoms with E-state index < -0.39 is 0 Å². The van der Waals surface area contributed by atoms with Crippen LogP contribution in [0.4, 0.5) is 0 Å². The lowest BCUT2D eigenvalue weighted by molar-refractivity contribution is -0.107. The number of rotatable bonds is 10. The van der Waals surface area contributed by atoms with Crippen LogP contribution in [0.3, 0.4) is 0 Å². The maximum Gasteiger partial charge on any atom is 0.216 e. The average molecular weight is 282 g/mol. The first-order valence-electron chi connectivity index (χ1n) is 7.31. The predicted molar refractivity (Wildman–Crippen MR) is 83.2 cm³/mol. The van der Waals surface area contributed by atoms with Crippen LogP contribution in [0, 0.1) is 0 Å². The molecular formula is C16H26O2S. The van der Waals surface area contributed by atoms with Crippen molar-refractivity contribution in [1.29, 1.82) is 0 Å². The van der Waals surface area contributed by atoms with E-state index in [-0.39, 0.29) is 9.86 Å². The maximum absolute atomic E-state index is 11.6. The molecule has 0 bridgehead atoms. The molecular weight excluding hydrogens is 256 g/mol. The average Bonchev–Trinajstić information content (AvgIpc) is 2.66. The van der Waals surface area contributed by atoms with Crippen molar-refractivity contribution in [2.45, 2.75) is 63.5 Å². The van der Waals surface area contributed by atoms with Crippen molar-refractivity contribution in [2.24, 2.45) is 0 Å². The number of ether oxygens (including phenoxy) is 1. The van der Waals surface area contributed by atoms with Crippen LogP contribution in [0.25, 0.3) is 0 Å². The largest absolute Gasteiger partial charge is 0.492 e. The molecule has 0 N–H and O–H groups in total. The molecule has 0 spiro atoms. The van der Waals surface area contributed by atoms with Crippen molar-refractivity contribution in [2.75, 3.05) is 6.61 Å². The van der Waals surface area contributed by atoms with Gasteiger partial charge in [-0.1, -0.05) is 69.9 Å². The van der Waals surface area contributed by atoms with E-state index in [1.807, 2.05) is 0 Å². The molecule has 19 heavy (non-hydrogen) atoms. The number of unbranched alkanes of at least 4 members (excludes halogenated alkanes) is 5. The zero-order valence-electron chi connectivity index (χ0n) is 12.2.